The number of carbonyl (C=O) groups excluding carboxylic acids is 1. The van der Waals surface area contributed by atoms with Crippen LogP contribution in [-0.4, -0.2) is 49.5 Å². The maximum absolute atomic E-state index is 11.6. The first-order chi connectivity index (χ1) is 7.46. The van der Waals surface area contributed by atoms with Crippen LogP contribution in [0.3, 0.4) is 0 Å². The molecule has 1 unspecified atom stereocenters. The number of hydrogen-bond donors (Lipinski definition) is 5. The van der Waals surface area contributed by atoms with Crippen LogP contribution in [0.15, 0.2) is 0 Å². The minimum absolute atomic E-state index is 0.0857. The zero-order valence-electron chi connectivity index (χ0n) is 9.13. The summed E-state index contributed by atoms with van der Waals surface area (Å²) in [5.41, 5.74) is 5.20. The molecule has 0 aliphatic rings. The number of hydrogen-bond acceptors (Lipinski definition) is 4. The summed E-state index contributed by atoms with van der Waals surface area (Å²) < 4.78 is 21.5. The summed E-state index contributed by atoms with van der Waals surface area (Å²) in [6, 6.07) is 0. The zero-order valence-corrected chi connectivity index (χ0v) is 10.9. The van der Waals surface area contributed by atoms with E-state index in [9.17, 15) is 13.9 Å². The van der Waals surface area contributed by atoms with Crippen LogP contribution < -0.4 is 5.73 Å². The molecule has 0 aliphatic carbocycles. The Bertz CT molecular complexity index is 337. The van der Waals surface area contributed by atoms with Crippen LogP contribution in [0.1, 0.15) is 6.92 Å². The number of carbonyl (C=O) groups is 1. The highest BCUT2D eigenvalue weighted by Gasteiger charge is 2.31. The van der Waals surface area contributed by atoms with Gasteiger partial charge in [0.05, 0.1) is 0 Å². The molecule has 0 radical (unpaired) electrons. The van der Waals surface area contributed by atoms with E-state index in [1.165, 1.54) is 6.92 Å². The van der Waals surface area contributed by atoms with Crippen molar-refractivity contribution >= 4 is 21.1 Å². The molecule has 0 fully saturated rings. The van der Waals surface area contributed by atoms with Gasteiger partial charge < -0.3 is 30.2 Å². The monoisotopic (exact) mass is 290 g/mol. The van der Waals surface area contributed by atoms with Gasteiger partial charge in [0.15, 0.2) is 0 Å². The molecule has 0 saturated carbocycles. The highest BCUT2D eigenvalue weighted by molar-refractivity contribution is 7.52. The molecular weight excluding hydrogens is 274 g/mol. The Labute approximate surface area is 97.9 Å². The van der Waals surface area contributed by atoms with Crippen molar-refractivity contribution in [1.29, 1.82) is 0 Å². The third-order valence-corrected chi connectivity index (χ3v) is 3.22. The summed E-state index contributed by atoms with van der Waals surface area (Å²) in [7, 11) is -9.18. The van der Waals surface area contributed by atoms with Crippen molar-refractivity contribution in [1.82, 2.24) is 4.90 Å². The first-order valence-electron chi connectivity index (χ1n) is 4.54. The molecule has 0 aliphatic heterocycles. The predicted octanol–water partition coefficient (Wildman–Crippen LogP) is -1.32. The van der Waals surface area contributed by atoms with Gasteiger partial charge in [-0.05, 0) is 0 Å². The Kier molecular flexibility index (Phi) is 5.96. The molecule has 0 rings (SSSR count). The lowest BCUT2D eigenvalue weighted by atomic mass is 10.1. The Morgan fingerprint density at radius 1 is 1.18 bits per heavy atom. The van der Waals surface area contributed by atoms with E-state index in [0.29, 0.717) is 4.90 Å². The molecule has 0 saturated heterocycles. The molecule has 0 aromatic rings. The molecule has 0 spiro atoms. The minimum atomic E-state index is -4.59. The Morgan fingerprint density at radius 2 is 1.53 bits per heavy atom. The number of rotatable bonds is 6. The second-order valence-corrected chi connectivity index (χ2v) is 6.85. The summed E-state index contributed by atoms with van der Waals surface area (Å²) in [5, 5.41) is 0. The van der Waals surface area contributed by atoms with E-state index in [0.717, 1.165) is 0 Å². The second-order valence-electron chi connectivity index (χ2n) is 3.63. The summed E-state index contributed by atoms with van der Waals surface area (Å²) in [6.45, 7) is 1.31. The lowest BCUT2D eigenvalue weighted by Crippen LogP contribution is -2.39. The highest BCUT2D eigenvalue weighted by atomic mass is 31.2. The number of nitrogens with two attached hydrogens (primary N) is 1. The van der Waals surface area contributed by atoms with Crippen molar-refractivity contribution < 1.29 is 33.5 Å². The van der Waals surface area contributed by atoms with E-state index in [1.807, 2.05) is 0 Å². The fourth-order valence-corrected chi connectivity index (χ4v) is 2.57. The molecule has 17 heavy (non-hydrogen) atoms. The van der Waals surface area contributed by atoms with Gasteiger partial charge in [0.25, 0.3) is 0 Å². The topological polar surface area (TPSA) is 161 Å². The van der Waals surface area contributed by atoms with Crippen LogP contribution >= 0.6 is 15.2 Å². The van der Waals surface area contributed by atoms with Crippen molar-refractivity contribution in [2.24, 2.45) is 11.7 Å². The van der Waals surface area contributed by atoms with Gasteiger partial charge in [-0.1, -0.05) is 6.92 Å². The van der Waals surface area contributed by atoms with E-state index < -0.39 is 39.6 Å². The van der Waals surface area contributed by atoms with E-state index >= 15 is 0 Å². The van der Waals surface area contributed by atoms with Crippen LogP contribution in [0.25, 0.3) is 0 Å². The van der Waals surface area contributed by atoms with Gasteiger partial charge in [0, 0.05) is 12.5 Å². The molecule has 6 N–H and O–H groups in total. The van der Waals surface area contributed by atoms with Crippen LogP contribution in [0, 0.1) is 5.92 Å². The summed E-state index contributed by atoms with van der Waals surface area (Å²) in [6.07, 6.45) is -2.08. The third kappa shape index (κ3) is 7.62. The molecule has 0 bridgehead atoms. The lowest BCUT2D eigenvalue weighted by Gasteiger charge is -2.25. The first-order valence-corrected chi connectivity index (χ1v) is 8.14. The Hall–Kier alpha value is -0.270. The van der Waals surface area contributed by atoms with E-state index in [1.54, 1.807) is 0 Å². The molecular formula is C6H16N2O7P2. The van der Waals surface area contributed by atoms with Gasteiger partial charge in [-0.15, -0.1) is 0 Å². The van der Waals surface area contributed by atoms with Gasteiger partial charge >= 0.3 is 15.2 Å². The summed E-state index contributed by atoms with van der Waals surface area (Å²) in [4.78, 5) is 46.9. The van der Waals surface area contributed by atoms with Crippen molar-refractivity contribution in [3.05, 3.63) is 0 Å². The quantitative estimate of drug-likeness (QED) is 0.376. The predicted molar refractivity (Wildman–Crippen MR) is 58.9 cm³/mol. The van der Waals surface area contributed by atoms with Crippen molar-refractivity contribution in [3.8, 4) is 0 Å². The number of amides is 1. The molecule has 0 heterocycles. The van der Waals surface area contributed by atoms with Crippen molar-refractivity contribution in [2.45, 2.75) is 6.92 Å². The normalized spacial score (nSPS) is 14.5. The van der Waals surface area contributed by atoms with Gasteiger partial charge in [0.2, 0.25) is 5.91 Å². The average Bonchev–Trinajstić information content (AvgIpc) is 2.09. The van der Waals surface area contributed by atoms with Gasteiger partial charge in [-0.25, -0.2) is 0 Å². The standard InChI is InChI=1S/C6H16N2O7P2/c1-5(2-7)6(9)8(3-16(10,11)12)4-17(13,14)15/h5H,2-4,7H2,1H3,(H2,10,11,12)(H2,13,14,15). The van der Waals surface area contributed by atoms with Crippen LogP contribution in [0.2, 0.25) is 0 Å². The molecule has 9 nitrogen and oxygen atoms in total. The maximum Gasteiger partial charge on any atom is 0.344 e. The average molecular weight is 290 g/mol. The molecule has 11 heteroatoms. The molecule has 0 aromatic carbocycles. The van der Waals surface area contributed by atoms with Crippen LogP contribution in [0.4, 0.5) is 0 Å². The van der Waals surface area contributed by atoms with E-state index in [2.05, 4.69) is 0 Å². The van der Waals surface area contributed by atoms with Crippen LogP contribution in [0.5, 0.6) is 0 Å². The zero-order chi connectivity index (χ0) is 13.9. The summed E-state index contributed by atoms with van der Waals surface area (Å²) >= 11 is 0. The Morgan fingerprint density at radius 3 is 1.76 bits per heavy atom. The maximum atomic E-state index is 11.6. The van der Waals surface area contributed by atoms with Gasteiger partial charge in [-0.3, -0.25) is 13.9 Å². The Balaban J connectivity index is 4.92. The smallest absolute Gasteiger partial charge is 0.330 e. The molecule has 1 atom stereocenters. The third-order valence-electron chi connectivity index (χ3n) is 1.80. The SMILES string of the molecule is CC(CN)C(=O)N(CP(=O)(O)O)CP(=O)(O)O. The molecule has 0 aromatic heterocycles. The van der Waals surface area contributed by atoms with Gasteiger partial charge in [0.1, 0.15) is 12.6 Å². The van der Waals surface area contributed by atoms with E-state index in [4.69, 9.17) is 25.3 Å². The van der Waals surface area contributed by atoms with Crippen molar-refractivity contribution in [2.75, 3.05) is 19.1 Å². The number of nitrogens with zero attached hydrogens (tertiary/aromatic N) is 1. The largest absolute Gasteiger partial charge is 0.344 e. The van der Waals surface area contributed by atoms with Crippen molar-refractivity contribution in [3.63, 3.8) is 0 Å². The lowest BCUT2D eigenvalue weighted by molar-refractivity contribution is -0.133. The van der Waals surface area contributed by atoms with Gasteiger partial charge in [-0.2, -0.15) is 0 Å². The summed E-state index contributed by atoms with van der Waals surface area (Å²) in [5.74, 6) is -1.58. The van der Waals surface area contributed by atoms with Crippen LogP contribution in [-0.2, 0) is 13.9 Å². The molecule has 1 amide bonds. The fraction of sp³-hybridized carbons (Fsp3) is 0.833. The molecule has 102 valence electrons. The second kappa shape index (κ2) is 6.06. The minimum Gasteiger partial charge on any atom is -0.330 e. The fourth-order valence-electron chi connectivity index (χ4n) is 1.04. The van der Waals surface area contributed by atoms with E-state index in [-0.39, 0.29) is 6.54 Å². The highest BCUT2D eigenvalue weighted by Crippen LogP contribution is 2.41. The first kappa shape index (κ1) is 16.7.